The maximum absolute atomic E-state index is 12.6. The number of halogens is 4. The zero-order valence-electron chi connectivity index (χ0n) is 9.20. The number of aliphatic hydroxyl groups is 1. The first-order valence-electron chi connectivity index (χ1n) is 4.81. The van der Waals surface area contributed by atoms with Gasteiger partial charge >= 0.3 is 6.18 Å². The lowest BCUT2D eigenvalue weighted by Crippen LogP contribution is -2.18. The van der Waals surface area contributed by atoms with Crippen molar-refractivity contribution in [1.82, 2.24) is 0 Å². The Bertz CT molecular complexity index is 538. The highest BCUT2D eigenvalue weighted by Crippen LogP contribution is 2.36. The van der Waals surface area contributed by atoms with Crippen LogP contribution in [0.5, 0.6) is 0 Å². The lowest BCUT2D eigenvalue weighted by Gasteiger charge is -2.12. The highest BCUT2D eigenvalue weighted by Gasteiger charge is 2.34. The van der Waals surface area contributed by atoms with E-state index in [2.05, 4.69) is 0 Å². The number of rotatable bonds is 3. The molecule has 3 nitrogen and oxygen atoms in total. The van der Waals surface area contributed by atoms with Gasteiger partial charge in [0, 0.05) is 0 Å². The highest BCUT2D eigenvalue weighted by atomic mass is 35.5. The topological polar surface area (TPSA) is 54.4 Å². The Balaban J connectivity index is 3.30. The van der Waals surface area contributed by atoms with Gasteiger partial charge in [-0.3, -0.25) is 0 Å². The van der Waals surface area contributed by atoms with Crippen LogP contribution in [-0.4, -0.2) is 25.4 Å². The number of aliphatic hydroxyl groups excluding tert-OH is 1. The smallest absolute Gasteiger partial charge is 0.392 e. The van der Waals surface area contributed by atoms with Crippen LogP contribution in [-0.2, 0) is 16.0 Å². The van der Waals surface area contributed by atoms with Crippen molar-refractivity contribution in [2.24, 2.45) is 0 Å². The molecule has 1 rings (SSSR count). The lowest BCUT2D eigenvalue weighted by atomic mass is 10.2. The summed E-state index contributed by atoms with van der Waals surface area (Å²) in [6.45, 7) is 1.23. The molecule has 1 aromatic carbocycles. The van der Waals surface area contributed by atoms with Gasteiger partial charge in [0.1, 0.15) is 0 Å². The van der Waals surface area contributed by atoms with Gasteiger partial charge in [-0.2, -0.15) is 13.2 Å². The van der Waals surface area contributed by atoms with Crippen molar-refractivity contribution in [1.29, 1.82) is 0 Å². The fraction of sp³-hybridized carbons (Fsp3) is 0.400. The molecule has 8 heteroatoms. The number of sulfone groups is 1. The number of alkyl halides is 3. The Morgan fingerprint density at radius 3 is 2.39 bits per heavy atom. The average Bonchev–Trinajstić information content (AvgIpc) is 2.13. The number of hydrogen-bond acceptors (Lipinski definition) is 3. The Hall–Kier alpha value is -0.790. The third kappa shape index (κ3) is 3.60. The van der Waals surface area contributed by atoms with E-state index in [9.17, 15) is 21.6 Å². The summed E-state index contributed by atoms with van der Waals surface area (Å²) in [5.74, 6) is -0.647. The van der Waals surface area contributed by atoms with Crippen molar-refractivity contribution >= 4 is 21.4 Å². The van der Waals surface area contributed by atoms with Crippen molar-refractivity contribution in [3.05, 3.63) is 28.8 Å². The second kappa shape index (κ2) is 5.07. The van der Waals surface area contributed by atoms with Crippen molar-refractivity contribution < 1.29 is 26.7 Å². The lowest BCUT2D eigenvalue weighted by molar-refractivity contribution is -0.137. The van der Waals surface area contributed by atoms with E-state index in [4.69, 9.17) is 16.7 Å². The van der Waals surface area contributed by atoms with E-state index in [1.807, 2.05) is 0 Å². The van der Waals surface area contributed by atoms with E-state index in [0.29, 0.717) is 6.07 Å². The average molecular weight is 303 g/mol. The summed E-state index contributed by atoms with van der Waals surface area (Å²) in [7, 11) is -3.97. The Morgan fingerprint density at radius 2 is 1.94 bits per heavy atom. The predicted octanol–water partition coefficient (Wildman–Crippen LogP) is 2.51. The molecule has 1 atom stereocenters. The summed E-state index contributed by atoms with van der Waals surface area (Å²) in [5.41, 5.74) is -1.21. The van der Waals surface area contributed by atoms with Crippen LogP contribution in [0.15, 0.2) is 23.1 Å². The maximum Gasteiger partial charge on any atom is 0.417 e. The molecule has 0 unspecified atom stereocenters. The molecule has 0 bridgehead atoms. The van der Waals surface area contributed by atoms with E-state index in [-0.39, 0.29) is 0 Å². The van der Waals surface area contributed by atoms with Crippen LogP contribution in [0.3, 0.4) is 0 Å². The Kier molecular flexibility index (Phi) is 4.30. The van der Waals surface area contributed by atoms with E-state index in [1.165, 1.54) is 6.92 Å². The molecule has 0 spiro atoms. The van der Waals surface area contributed by atoms with Crippen LogP contribution < -0.4 is 0 Å². The summed E-state index contributed by atoms with van der Waals surface area (Å²) < 4.78 is 61.0. The van der Waals surface area contributed by atoms with Crippen LogP contribution in [0.1, 0.15) is 12.5 Å². The van der Waals surface area contributed by atoms with E-state index in [1.54, 1.807) is 0 Å². The molecule has 0 heterocycles. The van der Waals surface area contributed by atoms with Crippen LogP contribution in [0, 0.1) is 0 Å². The number of hydrogen-bond donors (Lipinski definition) is 1. The van der Waals surface area contributed by atoms with E-state index < -0.39 is 43.4 Å². The Labute approximate surface area is 107 Å². The standard InChI is InChI=1S/C10H10ClF3O3S/c1-6(15)5-18(16,17)7-2-3-9(11)8(4-7)10(12,13)14/h2-4,6,15H,5H2,1H3/t6-/m0/s1. The van der Waals surface area contributed by atoms with Crippen molar-refractivity contribution in [2.75, 3.05) is 5.75 Å². The van der Waals surface area contributed by atoms with Crippen LogP contribution in [0.4, 0.5) is 13.2 Å². The minimum Gasteiger partial charge on any atom is -0.392 e. The second-order valence-electron chi connectivity index (χ2n) is 3.77. The molecule has 0 aliphatic heterocycles. The molecule has 0 aliphatic carbocycles. The summed E-state index contributed by atoms with van der Waals surface area (Å²) in [5, 5.41) is 8.43. The third-order valence-corrected chi connectivity index (χ3v) is 4.29. The van der Waals surface area contributed by atoms with Gasteiger partial charge in [-0.05, 0) is 25.1 Å². The van der Waals surface area contributed by atoms with Gasteiger partial charge in [0.2, 0.25) is 0 Å². The highest BCUT2D eigenvalue weighted by molar-refractivity contribution is 7.91. The monoisotopic (exact) mass is 302 g/mol. The van der Waals surface area contributed by atoms with Gasteiger partial charge in [0.05, 0.1) is 27.3 Å². The van der Waals surface area contributed by atoms with Crippen LogP contribution >= 0.6 is 11.6 Å². The maximum atomic E-state index is 12.6. The molecular formula is C10H10ClF3O3S. The molecular weight excluding hydrogens is 293 g/mol. The first-order valence-corrected chi connectivity index (χ1v) is 6.84. The van der Waals surface area contributed by atoms with Gasteiger partial charge in [-0.25, -0.2) is 8.42 Å². The fourth-order valence-electron chi connectivity index (χ4n) is 1.33. The molecule has 0 saturated heterocycles. The predicted molar refractivity (Wildman–Crippen MR) is 60.2 cm³/mol. The largest absolute Gasteiger partial charge is 0.417 e. The SMILES string of the molecule is C[C@H](O)CS(=O)(=O)c1ccc(Cl)c(C(F)(F)F)c1. The normalized spacial score (nSPS) is 14.6. The molecule has 102 valence electrons. The van der Waals surface area contributed by atoms with Crippen molar-refractivity contribution in [2.45, 2.75) is 24.1 Å². The van der Waals surface area contributed by atoms with Gasteiger partial charge in [0.15, 0.2) is 9.84 Å². The Morgan fingerprint density at radius 1 is 1.39 bits per heavy atom. The van der Waals surface area contributed by atoms with Crippen LogP contribution in [0.2, 0.25) is 5.02 Å². The summed E-state index contributed by atoms with van der Waals surface area (Å²) >= 11 is 5.37. The zero-order chi connectivity index (χ0) is 14.1. The molecule has 0 fully saturated rings. The van der Waals surface area contributed by atoms with Crippen LogP contribution in [0.25, 0.3) is 0 Å². The minimum absolute atomic E-state index is 0.472. The minimum atomic E-state index is -4.73. The third-order valence-electron chi connectivity index (χ3n) is 2.06. The molecule has 1 N–H and O–H groups in total. The van der Waals surface area contributed by atoms with Gasteiger partial charge in [0.25, 0.3) is 0 Å². The molecule has 18 heavy (non-hydrogen) atoms. The van der Waals surface area contributed by atoms with Gasteiger partial charge < -0.3 is 5.11 Å². The summed E-state index contributed by atoms with van der Waals surface area (Å²) in [4.78, 5) is -0.514. The summed E-state index contributed by atoms with van der Waals surface area (Å²) in [6.07, 6.45) is -5.90. The van der Waals surface area contributed by atoms with Gasteiger partial charge in [-0.1, -0.05) is 11.6 Å². The first kappa shape index (κ1) is 15.3. The fourth-order valence-corrected chi connectivity index (χ4v) is 2.95. The first-order chi connectivity index (χ1) is 8.04. The second-order valence-corrected chi connectivity index (χ2v) is 6.21. The molecule has 0 aromatic heterocycles. The van der Waals surface area contributed by atoms with Gasteiger partial charge in [-0.15, -0.1) is 0 Å². The molecule has 0 amide bonds. The molecule has 0 saturated carbocycles. The van der Waals surface area contributed by atoms with Crippen molar-refractivity contribution in [3.63, 3.8) is 0 Å². The molecule has 0 aliphatic rings. The zero-order valence-corrected chi connectivity index (χ0v) is 10.8. The van der Waals surface area contributed by atoms with E-state index in [0.717, 1.165) is 12.1 Å². The quantitative estimate of drug-likeness (QED) is 0.933. The van der Waals surface area contributed by atoms with E-state index >= 15 is 0 Å². The number of benzene rings is 1. The van der Waals surface area contributed by atoms with Crippen molar-refractivity contribution in [3.8, 4) is 0 Å². The molecule has 0 radical (unpaired) electrons. The molecule has 1 aromatic rings. The summed E-state index contributed by atoms with van der Waals surface area (Å²) in [6, 6.07) is 2.33.